The van der Waals surface area contributed by atoms with Gasteiger partial charge in [-0.2, -0.15) is 6.07 Å². The number of hydrogen-bond donors (Lipinski definition) is 0. The van der Waals surface area contributed by atoms with E-state index in [4.69, 9.17) is 18.6 Å². The quantitative estimate of drug-likeness (QED) is 0.274. The van der Waals surface area contributed by atoms with Gasteiger partial charge in [0.05, 0.1) is 0 Å². The van der Waals surface area contributed by atoms with E-state index in [2.05, 4.69) is 74.4 Å². The number of allylic oxidation sites excluding steroid dienone is 4. The van der Waals surface area contributed by atoms with Crippen LogP contribution in [0.2, 0.25) is 0 Å². The maximum absolute atomic E-state index is 4.89. The minimum absolute atomic E-state index is 0.0576. The molecule has 0 aliphatic heterocycles. The Bertz CT molecular complexity index is 655. The zero-order valence-corrected chi connectivity index (χ0v) is 18.1. The fraction of sp³-hybridized carbons (Fsp3) is 0.300. The Labute approximate surface area is 164 Å². The summed E-state index contributed by atoms with van der Waals surface area (Å²) in [6, 6.07) is 13.2. The predicted octanol–water partition coefficient (Wildman–Crippen LogP) is 6.79. The van der Waals surface area contributed by atoms with Gasteiger partial charge in [-0.25, -0.2) is 18.1 Å². The third-order valence-corrected chi connectivity index (χ3v) is 5.62. The summed E-state index contributed by atoms with van der Waals surface area (Å²) in [4.78, 5) is 0. The maximum atomic E-state index is 4.89. The number of fused-ring (bicyclic) bond motifs is 2. The summed E-state index contributed by atoms with van der Waals surface area (Å²) in [6.45, 7) is 4.59. The second-order valence-corrected chi connectivity index (χ2v) is 11.0. The van der Waals surface area contributed by atoms with Crippen LogP contribution in [0.4, 0.5) is 0 Å². The average molecular weight is 413 g/mol. The van der Waals surface area contributed by atoms with Crippen LogP contribution in [0.5, 0.6) is 0 Å². The summed E-state index contributed by atoms with van der Waals surface area (Å²) < 4.78 is 0. The van der Waals surface area contributed by atoms with Crippen molar-refractivity contribution in [1.82, 2.24) is 0 Å². The summed E-state index contributed by atoms with van der Waals surface area (Å²) in [6.07, 6.45) is 13.0. The van der Waals surface area contributed by atoms with Gasteiger partial charge in [-0.3, -0.25) is 0 Å². The van der Waals surface area contributed by atoms with Crippen molar-refractivity contribution >= 4 is 42.6 Å². The Morgan fingerprint density at radius 3 is 2.62 bits per heavy atom. The van der Waals surface area contributed by atoms with Gasteiger partial charge in [-0.15, -0.1) is 66.8 Å². The second kappa shape index (κ2) is 10.8. The van der Waals surface area contributed by atoms with Crippen LogP contribution in [0.1, 0.15) is 19.3 Å². The van der Waals surface area contributed by atoms with Gasteiger partial charge in [-0.05, 0) is 25.7 Å². The SMILES string of the molecule is C1=CCC2CC[CH-]C2=C1.CP(C)c1cc2ccccc2[cH-]1.[Cl][Ti][Cl]. The Morgan fingerprint density at radius 2 is 1.96 bits per heavy atom. The molecule has 0 amide bonds. The van der Waals surface area contributed by atoms with Crippen molar-refractivity contribution in [2.24, 2.45) is 5.92 Å². The minimum atomic E-state index is -0.556. The summed E-state index contributed by atoms with van der Waals surface area (Å²) in [7, 11) is 9.84. The van der Waals surface area contributed by atoms with Crippen LogP contribution < -0.4 is 5.30 Å². The molecule has 2 aromatic rings. The predicted molar refractivity (Wildman–Crippen MR) is 109 cm³/mol. The van der Waals surface area contributed by atoms with Gasteiger partial charge >= 0.3 is 35.6 Å². The van der Waals surface area contributed by atoms with Gasteiger partial charge in [0.15, 0.2) is 0 Å². The van der Waals surface area contributed by atoms with Crippen molar-refractivity contribution in [1.29, 1.82) is 0 Å². The van der Waals surface area contributed by atoms with E-state index in [9.17, 15) is 0 Å². The molecule has 128 valence electrons. The topological polar surface area (TPSA) is 0 Å². The Balaban J connectivity index is 0.000000154. The first-order valence-electron chi connectivity index (χ1n) is 8.14. The average Bonchev–Trinajstić information content (AvgIpc) is 3.23. The zero-order valence-electron chi connectivity index (χ0n) is 14.2. The molecule has 24 heavy (non-hydrogen) atoms. The zero-order chi connectivity index (χ0) is 17.4. The molecule has 1 saturated carbocycles. The van der Waals surface area contributed by atoms with Gasteiger partial charge in [0.2, 0.25) is 0 Å². The molecule has 1 unspecified atom stereocenters. The van der Waals surface area contributed by atoms with Crippen LogP contribution in [0.3, 0.4) is 0 Å². The molecule has 0 N–H and O–H groups in total. The first-order chi connectivity index (χ1) is 11.7. The Kier molecular flexibility index (Phi) is 9.10. The molecule has 4 heteroatoms. The van der Waals surface area contributed by atoms with Crippen molar-refractivity contribution < 1.29 is 17.0 Å². The molecule has 2 aliphatic carbocycles. The van der Waals surface area contributed by atoms with Crippen molar-refractivity contribution in [2.75, 3.05) is 13.3 Å². The van der Waals surface area contributed by atoms with Crippen molar-refractivity contribution in [3.05, 3.63) is 66.6 Å². The van der Waals surface area contributed by atoms with E-state index in [0.29, 0.717) is 0 Å². The summed E-state index contributed by atoms with van der Waals surface area (Å²) in [5.41, 5.74) is 1.58. The number of hydrogen-bond acceptors (Lipinski definition) is 0. The molecule has 1 atom stereocenters. The van der Waals surface area contributed by atoms with E-state index in [0.717, 1.165) is 5.92 Å². The second-order valence-electron chi connectivity index (χ2n) is 6.12. The number of halogens is 2. The summed E-state index contributed by atoms with van der Waals surface area (Å²) in [5, 5.41) is 4.26. The number of rotatable bonds is 1. The van der Waals surface area contributed by atoms with E-state index in [1.807, 2.05) is 0 Å². The van der Waals surface area contributed by atoms with E-state index in [1.54, 1.807) is 5.57 Å². The first kappa shape index (κ1) is 20.2. The van der Waals surface area contributed by atoms with Crippen LogP contribution >= 0.6 is 26.5 Å². The van der Waals surface area contributed by atoms with Gasteiger partial charge in [0.1, 0.15) is 0 Å². The van der Waals surface area contributed by atoms with Gasteiger partial charge < -0.3 is 0 Å². The van der Waals surface area contributed by atoms with Gasteiger partial charge in [0.25, 0.3) is 0 Å². The molecule has 0 saturated heterocycles. The summed E-state index contributed by atoms with van der Waals surface area (Å²) in [5.74, 6) is 0.884. The molecule has 4 rings (SSSR count). The molecule has 2 aromatic carbocycles. The van der Waals surface area contributed by atoms with Crippen LogP contribution in [-0.4, -0.2) is 13.3 Å². The fourth-order valence-corrected chi connectivity index (χ4v) is 3.85. The molecule has 0 heterocycles. The molecular formula is C20H23Cl2PTi-2. The van der Waals surface area contributed by atoms with E-state index < -0.39 is 17.0 Å². The standard InChI is InChI=1S/C11H12P.C9H11.2ClH.Ti/c1-12(2)11-7-9-5-3-4-6-10(9)8-11;1-2-5-9-7-3-6-8(9)4-1;;;/h3-8H,1-2H3;1-2,4,6,9H,3,5,7H2;2*1H;/q2*-1;;;+2/p-2. The van der Waals surface area contributed by atoms with E-state index >= 15 is 0 Å². The molecule has 2 aliphatic rings. The van der Waals surface area contributed by atoms with Crippen LogP contribution in [-0.2, 0) is 17.0 Å². The normalized spacial score (nSPS) is 17.9. The van der Waals surface area contributed by atoms with Gasteiger partial charge in [-0.1, -0.05) is 12.5 Å². The van der Waals surface area contributed by atoms with Gasteiger partial charge in [0, 0.05) is 0 Å². The Hall–Kier alpha value is -0.0957. The molecular weight excluding hydrogens is 390 g/mol. The number of benzene rings is 1. The molecule has 0 spiro atoms. The van der Waals surface area contributed by atoms with Crippen molar-refractivity contribution in [2.45, 2.75) is 19.3 Å². The molecule has 0 nitrogen and oxygen atoms in total. The third-order valence-electron chi connectivity index (χ3n) is 4.33. The molecule has 0 aromatic heterocycles. The first-order valence-corrected chi connectivity index (χ1v) is 14.7. The van der Waals surface area contributed by atoms with E-state index in [-0.39, 0.29) is 7.92 Å². The van der Waals surface area contributed by atoms with Crippen LogP contribution in [0.15, 0.2) is 60.2 Å². The van der Waals surface area contributed by atoms with Crippen molar-refractivity contribution in [3.63, 3.8) is 0 Å². The molecule has 0 radical (unpaired) electrons. The Morgan fingerprint density at radius 1 is 1.21 bits per heavy atom. The van der Waals surface area contributed by atoms with Crippen molar-refractivity contribution in [3.8, 4) is 0 Å². The van der Waals surface area contributed by atoms with Crippen LogP contribution in [0.25, 0.3) is 10.8 Å². The molecule has 1 fully saturated rings. The monoisotopic (exact) mass is 412 g/mol. The van der Waals surface area contributed by atoms with E-state index in [1.165, 1.54) is 35.3 Å². The van der Waals surface area contributed by atoms with Crippen LogP contribution in [0, 0.1) is 12.3 Å². The summed E-state index contributed by atoms with van der Waals surface area (Å²) >= 11 is -0.556. The fourth-order valence-electron chi connectivity index (χ4n) is 3.06. The molecule has 0 bridgehead atoms. The third kappa shape index (κ3) is 6.01.